The molecule has 0 radical (unpaired) electrons. The first-order chi connectivity index (χ1) is 9.08. The van der Waals surface area contributed by atoms with Crippen LogP contribution in [0, 0.1) is 10.1 Å². The van der Waals surface area contributed by atoms with Crippen molar-refractivity contribution in [1.82, 2.24) is 0 Å². The van der Waals surface area contributed by atoms with E-state index < -0.39 is 10.9 Å². The molecule has 0 atom stereocenters. The van der Waals surface area contributed by atoms with Crippen molar-refractivity contribution in [2.24, 2.45) is 0 Å². The number of carbonyl (C=O) groups is 1. The number of carboxylic acids is 1. The van der Waals surface area contributed by atoms with Crippen LogP contribution in [0.25, 0.3) is 0 Å². The monoisotopic (exact) mass is 258 g/mol. The number of nitro groups is 1. The van der Waals surface area contributed by atoms with Gasteiger partial charge in [0.2, 0.25) is 5.75 Å². The number of aromatic carboxylic acids is 1. The highest BCUT2D eigenvalue weighted by molar-refractivity contribution is 5.86. The van der Waals surface area contributed by atoms with Gasteiger partial charge in [-0.2, -0.15) is 0 Å². The van der Waals surface area contributed by atoms with Gasteiger partial charge in [0.05, 0.1) is 10.9 Å². The molecular weight excluding hydrogens is 250 g/mol. The first kappa shape index (κ1) is 12.6. The molecule has 96 valence electrons. The molecule has 19 heavy (non-hydrogen) atoms. The Morgan fingerprint density at radius 3 is 2.53 bits per heavy atom. The summed E-state index contributed by atoms with van der Waals surface area (Å²) in [4.78, 5) is 20.9. The minimum Gasteiger partial charge on any atom is -0.545 e. The first-order valence-electron chi connectivity index (χ1n) is 5.30. The number of hydrogen-bond donors (Lipinski definition) is 0. The molecular formula is C13H8NO5-. The SMILES string of the molecule is O=C([O-])c1cccc(Oc2ccccc2[N+](=O)[O-])c1. The van der Waals surface area contributed by atoms with Crippen molar-refractivity contribution in [2.75, 3.05) is 0 Å². The lowest BCUT2D eigenvalue weighted by Gasteiger charge is -2.08. The fourth-order valence-corrected chi connectivity index (χ4v) is 1.51. The Bertz CT molecular complexity index is 638. The summed E-state index contributed by atoms with van der Waals surface area (Å²) in [5.74, 6) is -1.10. The Balaban J connectivity index is 2.34. The normalized spacial score (nSPS) is 9.89. The largest absolute Gasteiger partial charge is 0.545 e. The number of nitro benzene ring substituents is 1. The highest BCUT2D eigenvalue weighted by Crippen LogP contribution is 2.30. The summed E-state index contributed by atoms with van der Waals surface area (Å²) in [6.07, 6.45) is 0. The zero-order valence-electron chi connectivity index (χ0n) is 9.61. The van der Waals surface area contributed by atoms with E-state index in [1.165, 1.54) is 42.5 Å². The van der Waals surface area contributed by atoms with Crippen molar-refractivity contribution in [3.63, 3.8) is 0 Å². The maximum Gasteiger partial charge on any atom is 0.311 e. The third-order valence-corrected chi connectivity index (χ3v) is 2.36. The standard InChI is InChI=1S/C13H9NO5/c15-13(16)9-4-3-5-10(8-9)19-12-7-2-1-6-11(12)14(17)18/h1-8H,(H,15,16)/p-1. The van der Waals surface area contributed by atoms with Crippen molar-refractivity contribution >= 4 is 11.7 Å². The molecule has 6 nitrogen and oxygen atoms in total. The molecule has 0 spiro atoms. The quantitative estimate of drug-likeness (QED) is 0.615. The molecule has 0 fully saturated rings. The maximum absolute atomic E-state index is 10.8. The Hall–Kier alpha value is -2.89. The number of carboxylic acid groups (broad SMARTS) is 1. The summed E-state index contributed by atoms with van der Waals surface area (Å²) < 4.78 is 5.33. The molecule has 2 aromatic rings. The van der Waals surface area contributed by atoms with Crippen LogP contribution in [0.5, 0.6) is 11.5 Å². The molecule has 0 aromatic heterocycles. The number of hydrogen-bond acceptors (Lipinski definition) is 5. The van der Waals surface area contributed by atoms with Gasteiger partial charge >= 0.3 is 5.69 Å². The average Bonchev–Trinajstić information content (AvgIpc) is 2.39. The molecule has 0 aliphatic rings. The van der Waals surface area contributed by atoms with Gasteiger partial charge in [-0.15, -0.1) is 0 Å². The van der Waals surface area contributed by atoms with Gasteiger partial charge in [-0.3, -0.25) is 10.1 Å². The van der Waals surface area contributed by atoms with Crippen LogP contribution in [-0.4, -0.2) is 10.9 Å². The van der Waals surface area contributed by atoms with E-state index >= 15 is 0 Å². The molecule has 0 saturated carbocycles. The lowest BCUT2D eigenvalue weighted by Crippen LogP contribution is -2.21. The summed E-state index contributed by atoms with van der Waals surface area (Å²) >= 11 is 0. The second kappa shape index (κ2) is 5.18. The van der Waals surface area contributed by atoms with Crippen LogP contribution in [0.4, 0.5) is 5.69 Å². The van der Waals surface area contributed by atoms with Crippen LogP contribution in [0.1, 0.15) is 10.4 Å². The predicted octanol–water partition coefficient (Wildman–Crippen LogP) is 1.75. The van der Waals surface area contributed by atoms with E-state index in [1.54, 1.807) is 6.07 Å². The second-order valence-corrected chi connectivity index (χ2v) is 3.64. The molecule has 6 heteroatoms. The minimum absolute atomic E-state index is 0.0444. The Morgan fingerprint density at radius 1 is 1.11 bits per heavy atom. The van der Waals surface area contributed by atoms with Crippen LogP contribution >= 0.6 is 0 Å². The molecule has 0 aliphatic heterocycles. The van der Waals surface area contributed by atoms with Crippen LogP contribution in [0.3, 0.4) is 0 Å². The number of rotatable bonds is 4. The van der Waals surface area contributed by atoms with E-state index in [4.69, 9.17) is 4.74 Å². The second-order valence-electron chi connectivity index (χ2n) is 3.64. The zero-order chi connectivity index (χ0) is 13.8. The summed E-state index contributed by atoms with van der Waals surface area (Å²) in [7, 11) is 0. The molecule has 0 unspecified atom stereocenters. The van der Waals surface area contributed by atoms with E-state index in [9.17, 15) is 20.0 Å². The molecule has 0 saturated heterocycles. The van der Waals surface area contributed by atoms with E-state index in [2.05, 4.69) is 0 Å². The lowest BCUT2D eigenvalue weighted by molar-refractivity contribution is -0.385. The third-order valence-electron chi connectivity index (χ3n) is 2.36. The van der Waals surface area contributed by atoms with Crippen molar-refractivity contribution < 1.29 is 19.6 Å². The third kappa shape index (κ3) is 2.86. The van der Waals surface area contributed by atoms with E-state index in [-0.39, 0.29) is 22.7 Å². The fraction of sp³-hybridized carbons (Fsp3) is 0. The summed E-state index contributed by atoms with van der Waals surface area (Å²) in [5.41, 5.74) is -0.252. The molecule has 0 aliphatic carbocycles. The van der Waals surface area contributed by atoms with Crippen molar-refractivity contribution in [2.45, 2.75) is 0 Å². The Labute approximate surface area is 108 Å². The number of benzene rings is 2. The molecule has 0 heterocycles. The molecule has 0 N–H and O–H groups in total. The zero-order valence-corrected chi connectivity index (χ0v) is 9.61. The van der Waals surface area contributed by atoms with Gasteiger partial charge in [0, 0.05) is 11.6 Å². The van der Waals surface area contributed by atoms with Crippen molar-refractivity contribution in [3.8, 4) is 11.5 Å². The topological polar surface area (TPSA) is 92.5 Å². The first-order valence-corrected chi connectivity index (χ1v) is 5.30. The van der Waals surface area contributed by atoms with E-state index in [0.29, 0.717) is 0 Å². The van der Waals surface area contributed by atoms with Crippen LogP contribution < -0.4 is 9.84 Å². The molecule has 0 amide bonds. The van der Waals surface area contributed by atoms with Gasteiger partial charge in [-0.25, -0.2) is 0 Å². The smallest absolute Gasteiger partial charge is 0.311 e. The molecule has 2 aromatic carbocycles. The summed E-state index contributed by atoms with van der Waals surface area (Å²) in [6, 6.07) is 11.4. The number of ether oxygens (including phenoxy) is 1. The van der Waals surface area contributed by atoms with Crippen LogP contribution in [0.2, 0.25) is 0 Å². The molecule has 0 bridgehead atoms. The minimum atomic E-state index is -1.34. The van der Waals surface area contributed by atoms with Crippen LogP contribution in [-0.2, 0) is 0 Å². The van der Waals surface area contributed by atoms with Crippen LogP contribution in [0.15, 0.2) is 48.5 Å². The van der Waals surface area contributed by atoms with Gasteiger partial charge in [-0.05, 0) is 18.2 Å². The Morgan fingerprint density at radius 2 is 1.84 bits per heavy atom. The van der Waals surface area contributed by atoms with Gasteiger partial charge in [0.25, 0.3) is 0 Å². The summed E-state index contributed by atoms with van der Waals surface area (Å²) in [5, 5.41) is 21.5. The van der Waals surface area contributed by atoms with Gasteiger partial charge in [0.1, 0.15) is 5.75 Å². The van der Waals surface area contributed by atoms with Crippen molar-refractivity contribution in [1.29, 1.82) is 0 Å². The number of nitrogens with zero attached hydrogens (tertiary/aromatic N) is 1. The maximum atomic E-state index is 10.8. The van der Waals surface area contributed by atoms with E-state index in [0.717, 1.165) is 0 Å². The molecule has 2 rings (SSSR count). The number of carbonyl (C=O) groups excluding carboxylic acids is 1. The summed E-state index contributed by atoms with van der Waals surface area (Å²) in [6.45, 7) is 0. The number of para-hydroxylation sites is 2. The van der Waals surface area contributed by atoms with Gasteiger partial charge < -0.3 is 14.6 Å². The average molecular weight is 258 g/mol. The fourth-order valence-electron chi connectivity index (χ4n) is 1.51. The Kier molecular flexibility index (Phi) is 3.42. The lowest BCUT2D eigenvalue weighted by atomic mass is 10.2. The van der Waals surface area contributed by atoms with Gasteiger partial charge in [0.15, 0.2) is 0 Å². The van der Waals surface area contributed by atoms with Gasteiger partial charge in [-0.1, -0.05) is 24.3 Å². The predicted molar refractivity (Wildman–Crippen MR) is 63.9 cm³/mol. The highest BCUT2D eigenvalue weighted by Gasteiger charge is 2.14. The highest BCUT2D eigenvalue weighted by atomic mass is 16.6. The van der Waals surface area contributed by atoms with E-state index in [1.807, 2.05) is 0 Å². The van der Waals surface area contributed by atoms with Crippen molar-refractivity contribution in [3.05, 3.63) is 64.2 Å².